The minimum Gasteiger partial charge on any atom is -0.458 e. The first-order chi connectivity index (χ1) is 9.19. The van der Waals surface area contributed by atoms with Crippen LogP contribution in [-0.4, -0.2) is 43.0 Å². The molecule has 0 radical (unpaired) electrons. The number of esters is 1. The van der Waals surface area contributed by atoms with E-state index in [0.717, 1.165) is 0 Å². The highest BCUT2D eigenvalue weighted by Gasteiger charge is 2.30. The molecule has 2 atom stereocenters. The van der Waals surface area contributed by atoms with Crippen LogP contribution in [-0.2, 0) is 19.0 Å². The van der Waals surface area contributed by atoms with Crippen molar-refractivity contribution < 1.29 is 23.8 Å². The average molecular weight is 287 g/mol. The highest BCUT2D eigenvalue weighted by atomic mass is 16.6. The Morgan fingerprint density at radius 2 is 1.95 bits per heavy atom. The van der Waals surface area contributed by atoms with Crippen LogP contribution < -0.4 is 5.32 Å². The lowest BCUT2D eigenvalue weighted by molar-refractivity contribution is -0.152. The predicted molar refractivity (Wildman–Crippen MR) is 73.3 cm³/mol. The van der Waals surface area contributed by atoms with Gasteiger partial charge in [-0.1, -0.05) is 13.8 Å². The quantitative estimate of drug-likeness (QED) is 0.799. The van der Waals surface area contributed by atoms with Crippen LogP contribution in [0.2, 0.25) is 0 Å². The number of ether oxygens (including phenoxy) is 3. The Hall–Kier alpha value is -1.30. The van der Waals surface area contributed by atoms with Crippen LogP contribution in [0.1, 0.15) is 41.0 Å². The second kappa shape index (κ2) is 6.92. The Labute approximate surface area is 120 Å². The van der Waals surface area contributed by atoms with Crippen molar-refractivity contribution in [2.24, 2.45) is 5.92 Å². The normalized spacial score (nSPS) is 20.6. The number of carbonyl (C=O) groups is 2. The molecule has 1 fully saturated rings. The molecule has 1 aliphatic heterocycles. The zero-order valence-corrected chi connectivity index (χ0v) is 12.9. The molecule has 1 saturated heterocycles. The third kappa shape index (κ3) is 5.77. The van der Waals surface area contributed by atoms with Crippen LogP contribution >= 0.6 is 0 Å². The van der Waals surface area contributed by atoms with Crippen molar-refractivity contribution >= 4 is 12.1 Å². The third-order valence-corrected chi connectivity index (χ3v) is 2.76. The summed E-state index contributed by atoms with van der Waals surface area (Å²) in [5.41, 5.74) is -0.602. The molecular formula is C14H25NO5. The minimum atomic E-state index is -0.717. The van der Waals surface area contributed by atoms with Crippen LogP contribution in [0.4, 0.5) is 4.79 Å². The highest BCUT2D eigenvalue weighted by molar-refractivity contribution is 5.81. The first-order valence-electron chi connectivity index (χ1n) is 6.97. The summed E-state index contributed by atoms with van der Waals surface area (Å²) in [6, 6.07) is -0.717. The standard InChI is InChI=1S/C14H25NO5/c1-9(2)11(15-13(17)20-14(3,4)5)12(16)19-10-6-7-18-8-10/h9-11H,6-8H2,1-5H3,(H,15,17)/t10?,11-/m0/s1. The number of hydrogen-bond acceptors (Lipinski definition) is 5. The Balaban J connectivity index is 2.54. The van der Waals surface area contributed by atoms with Gasteiger partial charge in [0.2, 0.25) is 0 Å². The van der Waals surface area contributed by atoms with E-state index in [1.165, 1.54) is 0 Å². The van der Waals surface area contributed by atoms with E-state index in [1.54, 1.807) is 20.8 Å². The van der Waals surface area contributed by atoms with Crippen molar-refractivity contribution in [3.05, 3.63) is 0 Å². The molecule has 0 bridgehead atoms. The first kappa shape index (κ1) is 16.8. The van der Waals surface area contributed by atoms with Crippen LogP contribution in [0.15, 0.2) is 0 Å². The van der Waals surface area contributed by atoms with Crippen molar-refractivity contribution in [2.75, 3.05) is 13.2 Å². The van der Waals surface area contributed by atoms with Crippen molar-refractivity contribution in [2.45, 2.75) is 58.8 Å². The van der Waals surface area contributed by atoms with E-state index in [1.807, 2.05) is 13.8 Å². The van der Waals surface area contributed by atoms with E-state index in [2.05, 4.69) is 5.32 Å². The van der Waals surface area contributed by atoms with E-state index in [9.17, 15) is 9.59 Å². The van der Waals surface area contributed by atoms with Crippen LogP contribution in [0.3, 0.4) is 0 Å². The molecule has 6 heteroatoms. The first-order valence-corrected chi connectivity index (χ1v) is 6.97. The number of amides is 1. The summed E-state index contributed by atoms with van der Waals surface area (Å²) in [6.45, 7) is 10.0. The molecule has 0 spiro atoms. The maximum atomic E-state index is 12.1. The average Bonchev–Trinajstić information content (AvgIpc) is 2.75. The van der Waals surface area contributed by atoms with Gasteiger partial charge >= 0.3 is 12.1 Å². The number of hydrogen-bond donors (Lipinski definition) is 1. The SMILES string of the molecule is CC(C)[C@H](NC(=O)OC(C)(C)C)C(=O)OC1CCOC1. The summed E-state index contributed by atoms with van der Waals surface area (Å²) in [7, 11) is 0. The largest absolute Gasteiger partial charge is 0.458 e. The molecule has 1 unspecified atom stereocenters. The van der Waals surface area contributed by atoms with Crippen molar-refractivity contribution in [3.8, 4) is 0 Å². The zero-order chi connectivity index (χ0) is 15.3. The molecule has 20 heavy (non-hydrogen) atoms. The molecule has 0 aromatic heterocycles. The summed E-state index contributed by atoms with van der Waals surface area (Å²) >= 11 is 0. The van der Waals surface area contributed by atoms with Gasteiger partial charge in [-0.15, -0.1) is 0 Å². The van der Waals surface area contributed by atoms with Gasteiger partial charge in [-0.25, -0.2) is 9.59 Å². The Morgan fingerprint density at radius 3 is 2.40 bits per heavy atom. The van der Waals surface area contributed by atoms with E-state index in [-0.39, 0.29) is 12.0 Å². The van der Waals surface area contributed by atoms with Crippen molar-refractivity contribution in [1.29, 1.82) is 0 Å². The van der Waals surface area contributed by atoms with Gasteiger partial charge in [0.15, 0.2) is 0 Å². The second-order valence-corrected chi connectivity index (χ2v) is 6.29. The number of carbonyl (C=O) groups excluding carboxylic acids is 2. The molecule has 0 aliphatic carbocycles. The topological polar surface area (TPSA) is 73.9 Å². The van der Waals surface area contributed by atoms with Crippen molar-refractivity contribution in [1.82, 2.24) is 5.32 Å². The van der Waals surface area contributed by atoms with Crippen LogP contribution in [0.5, 0.6) is 0 Å². The highest BCUT2D eigenvalue weighted by Crippen LogP contribution is 2.13. The van der Waals surface area contributed by atoms with Gasteiger partial charge in [-0.05, 0) is 26.7 Å². The number of rotatable bonds is 4. The molecular weight excluding hydrogens is 262 g/mol. The predicted octanol–water partition coefficient (Wildman–Crippen LogP) is 1.87. The molecule has 1 amide bonds. The molecule has 1 N–H and O–H groups in total. The molecule has 1 heterocycles. The lowest BCUT2D eigenvalue weighted by atomic mass is 10.0. The molecule has 0 aromatic rings. The Kier molecular flexibility index (Phi) is 5.80. The van der Waals surface area contributed by atoms with Gasteiger partial charge in [0.25, 0.3) is 0 Å². The summed E-state index contributed by atoms with van der Waals surface area (Å²) in [6.07, 6.45) is -0.136. The maximum absolute atomic E-state index is 12.1. The van der Waals surface area contributed by atoms with E-state index in [4.69, 9.17) is 14.2 Å². The van der Waals surface area contributed by atoms with Gasteiger partial charge in [0, 0.05) is 6.42 Å². The number of nitrogens with one attached hydrogen (secondary N) is 1. The smallest absolute Gasteiger partial charge is 0.408 e. The van der Waals surface area contributed by atoms with Gasteiger partial charge in [0.1, 0.15) is 17.7 Å². The minimum absolute atomic E-state index is 0.0858. The molecule has 1 rings (SSSR count). The lowest BCUT2D eigenvalue weighted by Crippen LogP contribution is -2.48. The third-order valence-electron chi connectivity index (χ3n) is 2.76. The summed E-state index contributed by atoms with van der Waals surface area (Å²) < 4.78 is 15.6. The molecule has 0 saturated carbocycles. The summed E-state index contributed by atoms with van der Waals surface area (Å²) in [5, 5.41) is 2.57. The second-order valence-electron chi connectivity index (χ2n) is 6.29. The molecule has 0 aromatic carbocycles. The fourth-order valence-electron chi connectivity index (χ4n) is 1.78. The summed E-state index contributed by atoms with van der Waals surface area (Å²) in [5.74, 6) is -0.529. The molecule has 1 aliphatic rings. The van der Waals surface area contributed by atoms with Crippen molar-refractivity contribution in [3.63, 3.8) is 0 Å². The Bertz CT molecular complexity index is 342. The maximum Gasteiger partial charge on any atom is 0.408 e. The molecule has 116 valence electrons. The zero-order valence-electron chi connectivity index (χ0n) is 12.9. The van der Waals surface area contributed by atoms with E-state index >= 15 is 0 Å². The summed E-state index contributed by atoms with van der Waals surface area (Å²) in [4.78, 5) is 23.8. The van der Waals surface area contributed by atoms with E-state index in [0.29, 0.717) is 19.6 Å². The fourth-order valence-corrected chi connectivity index (χ4v) is 1.78. The van der Waals surface area contributed by atoms with Gasteiger partial charge in [0.05, 0.1) is 13.2 Å². The number of alkyl carbamates (subject to hydrolysis) is 1. The molecule has 6 nitrogen and oxygen atoms in total. The van der Waals surface area contributed by atoms with E-state index < -0.39 is 23.7 Å². The fraction of sp³-hybridized carbons (Fsp3) is 0.857. The van der Waals surface area contributed by atoms with Gasteiger partial charge in [-0.3, -0.25) is 0 Å². The van der Waals surface area contributed by atoms with Gasteiger partial charge in [-0.2, -0.15) is 0 Å². The van der Waals surface area contributed by atoms with Crippen LogP contribution in [0, 0.1) is 5.92 Å². The van der Waals surface area contributed by atoms with Gasteiger partial charge < -0.3 is 19.5 Å². The lowest BCUT2D eigenvalue weighted by Gasteiger charge is -2.25. The van der Waals surface area contributed by atoms with Crippen LogP contribution in [0.25, 0.3) is 0 Å². The monoisotopic (exact) mass is 287 g/mol. The Morgan fingerprint density at radius 1 is 1.30 bits per heavy atom.